The molecule has 2 atom stereocenters. The van der Waals surface area contributed by atoms with E-state index in [0.717, 1.165) is 10.4 Å². The van der Waals surface area contributed by atoms with Crippen molar-refractivity contribution in [1.82, 2.24) is 4.90 Å². The molecule has 0 aliphatic rings. The first-order valence-electron chi connectivity index (χ1n) is 6.82. The standard InChI is InChI=1S/C16H20N2O2S/c1-11(15-4-3-9-21-15)18(2)16(20)14(17)10-12-5-7-13(19)8-6-12/h3-9,11,14,19H,10,17H2,1-2H3/t11?,14-/m0/s1. The van der Waals surface area contributed by atoms with Gasteiger partial charge in [0.15, 0.2) is 0 Å². The highest BCUT2D eigenvalue weighted by molar-refractivity contribution is 7.10. The van der Waals surface area contributed by atoms with Gasteiger partial charge in [0.05, 0.1) is 12.1 Å². The predicted molar refractivity (Wildman–Crippen MR) is 85.3 cm³/mol. The molecule has 0 bridgehead atoms. The molecular weight excluding hydrogens is 284 g/mol. The van der Waals surface area contributed by atoms with Crippen LogP contribution in [-0.2, 0) is 11.2 Å². The van der Waals surface area contributed by atoms with Gasteiger partial charge in [0, 0.05) is 11.9 Å². The van der Waals surface area contributed by atoms with Crippen LogP contribution in [0, 0.1) is 0 Å². The molecule has 0 fully saturated rings. The Hall–Kier alpha value is -1.85. The van der Waals surface area contributed by atoms with Gasteiger partial charge in [-0.3, -0.25) is 4.79 Å². The van der Waals surface area contributed by atoms with Crippen LogP contribution >= 0.6 is 11.3 Å². The van der Waals surface area contributed by atoms with E-state index in [1.165, 1.54) is 0 Å². The summed E-state index contributed by atoms with van der Waals surface area (Å²) in [7, 11) is 1.78. The maximum Gasteiger partial charge on any atom is 0.240 e. The number of phenolic OH excluding ortho intramolecular Hbond substituents is 1. The summed E-state index contributed by atoms with van der Waals surface area (Å²) in [6, 6.07) is 10.2. The van der Waals surface area contributed by atoms with Gasteiger partial charge in [-0.1, -0.05) is 18.2 Å². The van der Waals surface area contributed by atoms with Crippen LogP contribution in [0.25, 0.3) is 0 Å². The molecule has 0 radical (unpaired) electrons. The number of carbonyl (C=O) groups excluding carboxylic acids is 1. The third-order valence-corrected chi connectivity index (χ3v) is 4.64. The Balaban J connectivity index is 1.99. The van der Waals surface area contributed by atoms with E-state index < -0.39 is 6.04 Å². The van der Waals surface area contributed by atoms with Gasteiger partial charge in [-0.25, -0.2) is 0 Å². The third-order valence-electron chi connectivity index (χ3n) is 3.59. The van der Waals surface area contributed by atoms with Crippen LogP contribution in [0.3, 0.4) is 0 Å². The van der Waals surface area contributed by atoms with E-state index in [-0.39, 0.29) is 17.7 Å². The van der Waals surface area contributed by atoms with Crippen LogP contribution in [-0.4, -0.2) is 29.0 Å². The Kier molecular flexibility index (Phi) is 4.98. The smallest absolute Gasteiger partial charge is 0.240 e. The Morgan fingerprint density at radius 1 is 1.33 bits per heavy atom. The summed E-state index contributed by atoms with van der Waals surface area (Å²) in [6.07, 6.45) is 0.459. The Bertz CT molecular complexity index is 581. The number of rotatable bonds is 5. The first kappa shape index (κ1) is 15.5. The van der Waals surface area contributed by atoms with Gasteiger partial charge >= 0.3 is 0 Å². The highest BCUT2D eigenvalue weighted by Gasteiger charge is 2.23. The normalized spacial score (nSPS) is 13.7. The molecule has 112 valence electrons. The van der Waals surface area contributed by atoms with Gasteiger partial charge in [0.1, 0.15) is 5.75 Å². The molecule has 1 aromatic heterocycles. The number of hydrogen-bond acceptors (Lipinski definition) is 4. The molecule has 21 heavy (non-hydrogen) atoms. The molecule has 3 N–H and O–H groups in total. The minimum absolute atomic E-state index is 0.0170. The summed E-state index contributed by atoms with van der Waals surface area (Å²) in [6.45, 7) is 2.00. The molecule has 0 spiro atoms. The average molecular weight is 304 g/mol. The lowest BCUT2D eigenvalue weighted by atomic mass is 10.0. The number of hydrogen-bond donors (Lipinski definition) is 2. The molecule has 4 nitrogen and oxygen atoms in total. The van der Waals surface area contributed by atoms with E-state index >= 15 is 0 Å². The van der Waals surface area contributed by atoms with Crippen LogP contribution in [0.15, 0.2) is 41.8 Å². The maximum atomic E-state index is 12.4. The molecule has 1 unspecified atom stereocenters. The fraction of sp³-hybridized carbons (Fsp3) is 0.312. The zero-order valence-corrected chi connectivity index (χ0v) is 13.0. The van der Waals surface area contributed by atoms with Crippen LogP contribution in [0.5, 0.6) is 5.75 Å². The number of aromatic hydroxyl groups is 1. The highest BCUT2D eigenvalue weighted by atomic mass is 32.1. The molecule has 1 aromatic carbocycles. The summed E-state index contributed by atoms with van der Waals surface area (Å²) in [5, 5.41) is 11.3. The first-order chi connectivity index (χ1) is 9.99. The van der Waals surface area contributed by atoms with Crippen molar-refractivity contribution in [1.29, 1.82) is 0 Å². The summed E-state index contributed by atoms with van der Waals surface area (Å²) < 4.78 is 0. The molecule has 1 heterocycles. The van der Waals surface area contributed by atoms with Crippen molar-refractivity contribution < 1.29 is 9.90 Å². The Labute approximate surface area is 128 Å². The van der Waals surface area contributed by atoms with Gasteiger partial charge in [-0.15, -0.1) is 11.3 Å². The van der Waals surface area contributed by atoms with Crippen molar-refractivity contribution in [2.75, 3.05) is 7.05 Å². The van der Waals surface area contributed by atoms with Crippen molar-refractivity contribution in [2.24, 2.45) is 5.73 Å². The number of phenols is 1. The van der Waals surface area contributed by atoms with Crippen molar-refractivity contribution in [3.8, 4) is 5.75 Å². The number of amides is 1. The number of carbonyl (C=O) groups is 1. The van der Waals surface area contributed by atoms with Crippen molar-refractivity contribution in [3.63, 3.8) is 0 Å². The Morgan fingerprint density at radius 3 is 2.57 bits per heavy atom. The molecule has 0 aliphatic heterocycles. The number of likely N-dealkylation sites (N-methyl/N-ethyl adjacent to an activating group) is 1. The minimum Gasteiger partial charge on any atom is -0.508 e. The lowest BCUT2D eigenvalue weighted by Crippen LogP contribution is -2.43. The monoisotopic (exact) mass is 304 g/mol. The quantitative estimate of drug-likeness (QED) is 0.892. The van der Waals surface area contributed by atoms with Gasteiger partial charge in [-0.2, -0.15) is 0 Å². The molecular formula is C16H20N2O2S. The Morgan fingerprint density at radius 2 is 2.00 bits per heavy atom. The summed E-state index contributed by atoms with van der Waals surface area (Å²) in [5.41, 5.74) is 6.97. The second kappa shape index (κ2) is 6.74. The number of thiophene rings is 1. The van der Waals surface area contributed by atoms with Crippen LogP contribution in [0.1, 0.15) is 23.4 Å². The van der Waals surface area contributed by atoms with Crippen molar-refractivity contribution in [3.05, 3.63) is 52.2 Å². The summed E-state index contributed by atoms with van der Waals surface area (Å²) >= 11 is 1.63. The molecule has 2 aromatic rings. The predicted octanol–water partition coefficient (Wildman–Crippen LogP) is 2.54. The zero-order chi connectivity index (χ0) is 15.4. The second-order valence-corrected chi connectivity index (χ2v) is 6.10. The number of nitrogens with zero attached hydrogens (tertiary/aromatic N) is 1. The molecule has 0 aliphatic carbocycles. The van der Waals surface area contributed by atoms with Gasteiger partial charge < -0.3 is 15.7 Å². The topological polar surface area (TPSA) is 66.6 Å². The van der Waals surface area contributed by atoms with E-state index in [9.17, 15) is 9.90 Å². The number of benzene rings is 1. The van der Waals surface area contributed by atoms with E-state index in [0.29, 0.717) is 6.42 Å². The molecule has 2 rings (SSSR count). The molecule has 0 saturated heterocycles. The van der Waals surface area contributed by atoms with E-state index in [1.54, 1.807) is 47.5 Å². The second-order valence-electron chi connectivity index (χ2n) is 5.12. The number of nitrogens with two attached hydrogens (primary N) is 1. The summed E-state index contributed by atoms with van der Waals surface area (Å²) in [4.78, 5) is 15.2. The van der Waals surface area contributed by atoms with Crippen molar-refractivity contribution >= 4 is 17.2 Å². The van der Waals surface area contributed by atoms with Gasteiger partial charge in [0.2, 0.25) is 5.91 Å². The van der Waals surface area contributed by atoms with Crippen LogP contribution in [0.4, 0.5) is 0 Å². The van der Waals surface area contributed by atoms with Gasteiger partial charge in [0.25, 0.3) is 0 Å². The van der Waals surface area contributed by atoms with Crippen LogP contribution < -0.4 is 5.73 Å². The molecule has 5 heteroatoms. The van der Waals surface area contributed by atoms with E-state index in [1.807, 2.05) is 24.4 Å². The zero-order valence-electron chi connectivity index (χ0n) is 12.2. The fourth-order valence-electron chi connectivity index (χ4n) is 2.15. The third kappa shape index (κ3) is 3.83. The highest BCUT2D eigenvalue weighted by Crippen LogP contribution is 2.24. The van der Waals surface area contributed by atoms with Crippen molar-refractivity contribution in [2.45, 2.75) is 25.4 Å². The van der Waals surface area contributed by atoms with E-state index in [2.05, 4.69) is 0 Å². The lowest BCUT2D eigenvalue weighted by Gasteiger charge is -2.27. The molecule has 0 saturated carbocycles. The first-order valence-corrected chi connectivity index (χ1v) is 7.70. The van der Waals surface area contributed by atoms with Gasteiger partial charge in [-0.05, 0) is 42.5 Å². The SMILES string of the molecule is CC(c1cccs1)N(C)C(=O)[C@@H](N)Cc1ccc(O)cc1. The van der Waals surface area contributed by atoms with E-state index in [4.69, 9.17) is 5.73 Å². The maximum absolute atomic E-state index is 12.4. The largest absolute Gasteiger partial charge is 0.508 e. The average Bonchev–Trinajstić information content (AvgIpc) is 3.01. The fourth-order valence-corrected chi connectivity index (χ4v) is 2.97. The minimum atomic E-state index is -0.582. The van der Waals surface area contributed by atoms with Crippen LogP contribution in [0.2, 0.25) is 0 Å². The summed E-state index contributed by atoms with van der Waals surface area (Å²) in [5.74, 6) is 0.131. The molecule has 1 amide bonds. The lowest BCUT2D eigenvalue weighted by molar-refractivity contribution is -0.133.